The lowest BCUT2D eigenvalue weighted by Gasteiger charge is -2.28. The fraction of sp³-hybridized carbons (Fsp3) is 0.286. The molecule has 1 aromatic carbocycles. The zero-order valence-corrected chi connectivity index (χ0v) is 15.8. The Morgan fingerprint density at radius 1 is 1.23 bits per heavy atom. The minimum Gasteiger partial charge on any atom is -0.459 e. The summed E-state index contributed by atoms with van der Waals surface area (Å²) in [6.07, 6.45) is 4.44. The van der Waals surface area contributed by atoms with Crippen LogP contribution >= 0.6 is 11.6 Å². The number of hydrogen-bond donors (Lipinski definition) is 0. The van der Waals surface area contributed by atoms with Gasteiger partial charge in [-0.3, -0.25) is 4.79 Å². The highest BCUT2D eigenvalue weighted by Gasteiger charge is 2.23. The molecule has 0 aliphatic rings. The van der Waals surface area contributed by atoms with Crippen LogP contribution in [0.25, 0.3) is 0 Å². The molecule has 4 nitrogen and oxygen atoms in total. The number of furan rings is 1. The average molecular weight is 371 g/mol. The summed E-state index contributed by atoms with van der Waals surface area (Å²) in [4.78, 5) is 14.7. The van der Waals surface area contributed by atoms with Gasteiger partial charge >= 0.3 is 0 Å². The quantitative estimate of drug-likeness (QED) is 0.571. The van der Waals surface area contributed by atoms with Crippen molar-refractivity contribution in [2.75, 3.05) is 0 Å². The van der Waals surface area contributed by atoms with Gasteiger partial charge in [0.2, 0.25) is 0 Å². The zero-order valence-electron chi connectivity index (χ0n) is 15.1. The maximum absolute atomic E-state index is 12.9. The Bertz CT molecular complexity index is 855. The van der Waals surface area contributed by atoms with Crippen LogP contribution < -0.4 is 0 Å². The Kier molecular flexibility index (Phi) is 5.84. The second-order valence-corrected chi connectivity index (χ2v) is 6.86. The van der Waals surface area contributed by atoms with Crippen molar-refractivity contribution in [3.8, 4) is 0 Å². The van der Waals surface area contributed by atoms with Gasteiger partial charge in [0, 0.05) is 29.5 Å². The molecular weight excluding hydrogens is 348 g/mol. The minimum atomic E-state index is -0.0835. The first-order valence-corrected chi connectivity index (χ1v) is 9.19. The summed E-state index contributed by atoms with van der Waals surface area (Å²) in [5.74, 6) is 0.290. The van der Waals surface area contributed by atoms with E-state index in [0.29, 0.717) is 18.8 Å². The molecule has 2 heterocycles. The maximum Gasteiger partial charge on any atom is 0.290 e. The van der Waals surface area contributed by atoms with E-state index in [9.17, 15) is 4.79 Å². The van der Waals surface area contributed by atoms with Crippen molar-refractivity contribution in [3.63, 3.8) is 0 Å². The summed E-state index contributed by atoms with van der Waals surface area (Å²) in [5.41, 5.74) is 2.20. The first-order valence-electron chi connectivity index (χ1n) is 8.81. The molecule has 2 aromatic heterocycles. The van der Waals surface area contributed by atoms with E-state index in [-0.39, 0.29) is 11.9 Å². The molecule has 0 N–H and O–H groups in total. The molecule has 3 aromatic rings. The second kappa shape index (κ2) is 8.28. The number of nitrogens with zero attached hydrogens (tertiary/aromatic N) is 2. The highest BCUT2D eigenvalue weighted by atomic mass is 35.5. The lowest BCUT2D eigenvalue weighted by atomic mass is 10.2. The monoisotopic (exact) mass is 370 g/mol. The molecule has 0 aliphatic heterocycles. The zero-order chi connectivity index (χ0) is 18.5. The summed E-state index contributed by atoms with van der Waals surface area (Å²) in [7, 11) is 0. The van der Waals surface area contributed by atoms with E-state index in [4.69, 9.17) is 16.0 Å². The number of carbonyl (C=O) groups excluding carboxylic acids is 1. The van der Waals surface area contributed by atoms with E-state index in [2.05, 4.69) is 30.5 Å². The van der Waals surface area contributed by atoms with Crippen molar-refractivity contribution in [2.24, 2.45) is 0 Å². The number of aromatic nitrogens is 1. The van der Waals surface area contributed by atoms with Crippen LogP contribution in [0.15, 0.2) is 65.4 Å². The van der Waals surface area contributed by atoms with Crippen LogP contribution in [-0.4, -0.2) is 21.4 Å². The Morgan fingerprint density at radius 3 is 2.77 bits per heavy atom. The summed E-state index contributed by atoms with van der Waals surface area (Å²) >= 11 is 6.10. The van der Waals surface area contributed by atoms with Crippen molar-refractivity contribution < 1.29 is 9.21 Å². The molecule has 0 aliphatic carbocycles. The molecule has 1 atom stereocenters. The molecular formula is C21H23ClN2O2. The molecule has 0 bridgehead atoms. The van der Waals surface area contributed by atoms with E-state index < -0.39 is 0 Å². The molecule has 0 fully saturated rings. The normalized spacial score (nSPS) is 12.1. The van der Waals surface area contributed by atoms with Gasteiger partial charge in [-0.05, 0) is 55.3 Å². The molecule has 136 valence electrons. The van der Waals surface area contributed by atoms with E-state index in [1.165, 1.54) is 6.26 Å². The lowest BCUT2D eigenvalue weighted by Crippen LogP contribution is -2.38. The van der Waals surface area contributed by atoms with Crippen molar-refractivity contribution in [1.82, 2.24) is 9.47 Å². The molecule has 26 heavy (non-hydrogen) atoms. The average Bonchev–Trinajstić information content (AvgIpc) is 3.31. The maximum atomic E-state index is 12.9. The van der Waals surface area contributed by atoms with Crippen molar-refractivity contribution in [3.05, 3.63) is 83.0 Å². The summed E-state index contributed by atoms with van der Waals surface area (Å²) in [5, 5.41) is 0.727. The van der Waals surface area contributed by atoms with Crippen LogP contribution in [0, 0.1) is 0 Å². The molecule has 5 heteroatoms. The van der Waals surface area contributed by atoms with Crippen LogP contribution in [0.4, 0.5) is 0 Å². The Balaban J connectivity index is 1.81. The van der Waals surface area contributed by atoms with Gasteiger partial charge in [-0.25, -0.2) is 0 Å². The second-order valence-electron chi connectivity index (χ2n) is 6.42. The van der Waals surface area contributed by atoms with Crippen molar-refractivity contribution in [2.45, 2.75) is 39.4 Å². The summed E-state index contributed by atoms with van der Waals surface area (Å²) in [6.45, 7) is 5.39. The third-order valence-corrected chi connectivity index (χ3v) is 4.85. The topological polar surface area (TPSA) is 38.4 Å². The van der Waals surface area contributed by atoms with Gasteiger partial charge in [-0.15, -0.1) is 0 Å². The molecule has 0 spiro atoms. The SMILES string of the molecule is CCC(C)N(Cc1cccn1Cc1cccc(Cl)c1)C(=O)c1ccco1. The molecule has 1 amide bonds. The van der Waals surface area contributed by atoms with Crippen LogP contribution in [0.5, 0.6) is 0 Å². The first kappa shape index (κ1) is 18.3. The highest BCUT2D eigenvalue weighted by molar-refractivity contribution is 6.30. The number of benzene rings is 1. The predicted molar refractivity (Wildman–Crippen MR) is 103 cm³/mol. The minimum absolute atomic E-state index is 0.0835. The van der Waals surface area contributed by atoms with Gasteiger partial charge in [0.1, 0.15) is 0 Å². The molecule has 0 saturated carbocycles. The van der Waals surface area contributed by atoms with Crippen LogP contribution in [0.2, 0.25) is 5.02 Å². The number of hydrogen-bond acceptors (Lipinski definition) is 2. The van der Waals surface area contributed by atoms with Crippen LogP contribution in [0.1, 0.15) is 42.1 Å². The van der Waals surface area contributed by atoms with Crippen molar-refractivity contribution >= 4 is 17.5 Å². The standard InChI is InChI=1S/C21H23ClN2O2/c1-3-16(2)24(21(25)20-10-6-12-26-20)15-19-9-5-11-23(19)14-17-7-4-8-18(22)13-17/h4-13,16H,3,14-15H2,1-2H3. The van der Waals surface area contributed by atoms with Gasteiger partial charge in [0.25, 0.3) is 5.91 Å². The van der Waals surface area contributed by atoms with Gasteiger partial charge in [0.15, 0.2) is 5.76 Å². The molecule has 3 rings (SSSR count). The molecule has 1 unspecified atom stereocenters. The molecule has 0 radical (unpaired) electrons. The third-order valence-electron chi connectivity index (χ3n) is 4.61. The van der Waals surface area contributed by atoms with Crippen molar-refractivity contribution in [1.29, 1.82) is 0 Å². The molecule has 0 saturated heterocycles. The Morgan fingerprint density at radius 2 is 2.08 bits per heavy atom. The smallest absolute Gasteiger partial charge is 0.290 e. The van der Waals surface area contributed by atoms with E-state index >= 15 is 0 Å². The van der Waals surface area contributed by atoms with E-state index in [1.807, 2.05) is 35.4 Å². The van der Waals surface area contributed by atoms with Gasteiger partial charge in [0.05, 0.1) is 12.8 Å². The van der Waals surface area contributed by atoms with Gasteiger partial charge in [-0.1, -0.05) is 30.7 Å². The van der Waals surface area contributed by atoms with Gasteiger partial charge in [-0.2, -0.15) is 0 Å². The van der Waals surface area contributed by atoms with Crippen LogP contribution in [-0.2, 0) is 13.1 Å². The lowest BCUT2D eigenvalue weighted by molar-refractivity contribution is 0.0634. The third kappa shape index (κ3) is 4.20. The van der Waals surface area contributed by atoms with E-state index in [0.717, 1.165) is 22.7 Å². The number of amides is 1. The predicted octanol–water partition coefficient (Wildman–Crippen LogP) is 5.22. The number of halogens is 1. The van der Waals surface area contributed by atoms with Gasteiger partial charge < -0.3 is 13.9 Å². The fourth-order valence-corrected chi connectivity index (χ4v) is 3.16. The summed E-state index contributed by atoms with van der Waals surface area (Å²) in [6, 6.07) is 15.5. The summed E-state index contributed by atoms with van der Waals surface area (Å²) < 4.78 is 7.47. The number of carbonyl (C=O) groups is 1. The van der Waals surface area contributed by atoms with Crippen LogP contribution in [0.3, 0.4) is 0 Å². The largest absolute Gasteiger partial charge is 0.459 e. The first-order chi connectivity index (χ1) is 12.6. The Labute approximate surface area is 159 Å². The fourth-order valence-electron chi connectivity index (χ4n) is 2.94. The highest BCUT2D eigenvalue weighted by Crippen LogP contribution is 2.18. The Hall–Kier alpha value is -2.46. The number of rotatable bonds is 7. The van der Waals surface area contributed by atoms with E-state index in [1.54, 1.807) is 12.1 Å².